The van der Waals surface area contributed by atoms with Crippen molar-refractivity contribution in [2.45, 2.75) is 0 Å². The van der Waals surface area contributed by atoms with Crippen molar-refractivity contribution in [3.8, 4) is 0 Å². The van der Waals surface area contributed by atoms with Gasteiger partial charge in [-0.2, -0.15) is 0 Å². The van der Waals surface area contributed by atoms with Crippen molar-refractivity contribution in [1.82, 2.24) is 9.97 Å². The Balaban J connectivity index is 2.02. The summed E-state index contributed by atoms with van der Waals surface area (Å²) in [6.07, 6.45) is 2.94. The summed E-state index contributed by atoms with van der Waals surface area (Å²) in [5.74, 6) is -0.134. The molecule has 0 aliphatic rings. The fourth-order valence-corrected chi connectivity index (χ4v) is 2.15. The van der Waals surface area contributed by atoms with Crippen LogP contribution in [-0.4, -0.2) is 15.9 Å². The van der Waals surface area contributed by atoms with Gasteiger partial charge in [0.15, 0.2) is 0 Å². The standard InChI is InChI=1S/C15H10ClN3O2/c16-9-4-5-12-10(7-9)14(20)11(8-18-12)15(21)19-13-3-1-2-6-17-13/h1-8H,(H,18,20)(H,17,19,21). The fraction of sp³-hybridized carbons (Fsp3) is 0. The molecule has 0 aliphatic heterocycles. The first kappa shape index (κ1) is 13.3. The monoisotopic (exact) mass is 299 g/mol. The molecule has 3 aromatic rings. The maximum Gasteiger partial charge on any atom is 0.262 e. The number of carbonyl (C=O) groups is 1. The van der Waals surface area contributed by atoms with E-state index in [1.807, 2.05) is 0 Å². The van der Waals surface area contributed by atoms with Gasteiger partial charge in [0, 0.05) is 28.3 Å². The van der Waals surface area contributed by atoms with Gasteiger partial charge in [-0.15, -0.1) is 0 Å². The zero-order valence-electron chi connectivity index (χ0n) is 10.8. The highest BCUT2D eigenvalue weighted by atomic mass is 35.5. The summed E-state index contributed by atoms with van der Waals surface area (Å²) in [7, 11) is 0. The lowest BCUT2D eigenvalue weighted by Crippen LogP contribution is -2.22. The first-order valence-electron chi connectivity index (χ1n) is 6.18. The Bertz CT molecular complexity index is 875. The molecular formula is C15H10ClN3O2. The molecule has 0 atom stereocenters. The number of anilines is 1. The fourth-order valence-electron chi connectivity index (χ4n) is 1.98. The molecule has 2 aromatic heterocycles. The lowest BCUT2D eigenvalue weighted by atomic mass is 10.1. The average Bonchev–Trinajstić information content (AvgIpc) is 2.49. The van der Waals surface area contributed by atoms with Crippen LogP contribution in [0.5, 0.6) is 0 Å². The smallest absolute Gasteiger partial charge is 0.262 e. The number of aromatic amines is 1. The number of rotatable bonds is 2. The summed E-state index contributed by atoms with van der Waals surface area (Å²) in [5, 5.41) is 3.39. The molecule has 2 heterocycles. The summed E-state index contributed by atoms with van der Waals surface area (Å²) in [5.41, 5.74) is 0.258. The van der Waals surface area contributed by atoms with Gasteiger partial charge in [0.05, 0.1) is 0 Å². The van der Waals surface area contributed by atoms with Gasteiger partial charge in [0.2, 0.25) is 5.43 Å². The molecule has 6 heteroatoms. The molecule has 0 bridgehead atoms. The summed E-state index contributed by atoms with van der Waals surface area (Å²) in [4.78, 5) is 31.4. The Morgan fingerprint density at radius 3 is 2.86 bits per heavy atom. The van der Waals surface area contributed by atoms with Gasteiger partial charge in [-0.1, -0.05) is 17.7 Å². The van der Waals surface area contributed by atoms with E-state index in [4.69, 9.17) is 11.6 Å². The number of H-pyrrole nitrogens is 1. The number of amides is 1. The SMILES string of the molecule is O=C(Nc1ccccn1)c1c[nH]c2ccc(Cl)cc2c1=O. The van der Waals surface area contributed by atoms with Crippen molar-refractivity contribution in [2.75, 3.05) is 5.32 Å². The van der Waals surface area contributed by atoms with Crippen molar-refractivity contribution >= 4 is 34.2 Å². The quantitative estimate of drug-likeness (QED) is 0.764. The topological polar surface area (TPSA) is 74.8 Å². The Morgan fingerprint density at radius 1 is 1.24 bits per heavy atom. The average molecular weight is 300 g/mol. The number of pyridine rings is 2. The molecule has 0 aliphatic carbocycles. The maximum atomic E-state index is 12.4. The van der Waals surface area contributed by atoms with Crippen molar-refractivity contribution in [1.29, 1.82) is 0 Å². The summed E-state index contributed by atoms with van der Waals surface area (Å²) in [6, 6.07) is 10.0. The van der Waals surface area contributed by atoms with Gasteiger partial charge in [0.1, 0.15) is 11.4 Å². The largest absolute Gasteiger partial charge is 0.360 e. The molecule has 0 saturated heterocycles. The second kappa shape index (κ2) is 5.38. The Kier molecular flexibility index (Phi) is 3.41. The third-order valence-corrected chi connectivity index (χ3v) is 3.23. The predicted molar refractivity (Wildman–Crippen MR) is 81.8 cm³/mol. The van der Waals surface area contributed by atoms with Crippen molar-refractivity contribution in [3.63, 3.8) is 0 Å². The van der Waals surface area contributed by atoms with Crippen LogP contribution >= 0.6 is 11.6 Å². The second-order valence-electron chi connectivity index (χ2n) is 4.39. The van der Waals surface area contributed by atoms with E-state index in [2.05, 4.69) is 15.3 Å². The van der Waals surface area contributed by atoms with Gasteiger partial charge in [-0.3, -0.25) is 9.59 Å². The molecule has 5 nitrogen and oxygen atoms in total. The van der Waals surface area contributed by atoms with Crippen LogP contribution in [0.25, 0.3) is 10.9 Å². The highest BCUT2D eigenvalue weighted by Gasteiger charge is 2.13. The lowest BCUT2D eigenvalue weighted by Gasteiger charge is -2.05. The second-order valence-corrected chi connectivity index (χ2v) is 4.83. The van der Waals surface area contributed by atoms with Gasteiger partial charge >= 0.3 is 0 Å². The number of carbonyl (C=O) groups excluding carboxylic acids is 1. The van der Waals surface area contributed by atoms with Crippen LogP contribution in [0.3, 0.4) is 0 Å². The zero-order chi connectivity index (χ0) is 14.8. The summed E-state index contributed by atoms with van der Waals surface area (Å²) in [6.45, 7) is 0. The van der Waals surface area contributed by atoms with Crippen LogP contribution in [0.15, 0.2) is 53.6 Å². The zero-order valence-corrected chi connectivity index (χ0v) is 11.5. The molecule has 104 valence electrons. The first-order valence-corrected chi connectivity index (χ1v) is 6.56. The number of hydrogen-bond donors (Lipinski definition) is 2. The molecule has 2 N–H and O–H groups in total. The number of aromatic nitrogens is 2. The highest BCUT2D eigenvalue weighted by molar-refractivity contribution is 6.31. The van der Waals surface area contributed by atoms with Gasteiger partial charge < -0.3 is 10.3 Å². The predicted octanol–water partition coefficient (Wildman–Crippen LogP) is 2.83. The minimum atomic E-state index is -0.517. The van der Waals surface area contributed by atoms with Crippen LogP contribution < -0.4 is 10.7 Å². The molecule has 0 saturated carbocycles. The number of fused-ring (bicyclic) bond motifs is 1. The maximum absolute atomic E-state index is 12.4. The van der Waals surface area contributed by atoms with Gasteiger partial charge in [0.25, 0.3) is 5.91 Å². The van der Waals surface area contributed by atoms with Crippen LogP contribution in [0.2, 0.25) is 5.02 Å². The van der Waals surface area contributed by atoms with E-state index in [9.17, 15) is 9.59 Å². The Morgan fingerprint density at radius 2 is 2.10 bits per heavy atom. The van der Waals surface area contributed by atoms with Crippen LogP contribution in [0.1, 0.15) is 10.4 Å². The van der Waals surface area contributed by atoms with Gasteiger partial charge in [-0.05, 0) is 30.3 Å². The van der Waals surface area contributed by atoms with E-state index in [-0.39, 0.29) is 11.0 Å². The van der Waals surface area contributed by atoms with Crippen molar-refractivity contribution in [2.24, 2.45) is 0 Å². The van der Waals surface area contributed by atoms with E-state index < -0.39 is 5.91 Å². The first-order chi connectivity index (χ1) is 10.1. The Labute approximate surface area is 124 Å². The number of halogens is 1. The molecule has 21 heavy (non-hydrogen) atoms. The minimum Gasteiger partial charge on any atom is -0.360 e. The van der Waals surface area contributed by atoms with E-state index in [1.54, 1.807) is 36.5 Å². The molecule has 1 aromatic carbocycles. The molecule has 1 amide bonds. The Hall–Kier alpha value is -2.66. The van der Waals surface area contributed by atoms with Crippen LogP contribution in [0, 0.1) is 0 Å². The molecular weight excluding hydrogens is 290 g/mol. The van der Waals surface area contributed by atoms with E-state index in [1.165, 1.54) is 12.3 Å². The normalized spacial score (nSPS) is 10.5. The molecule has 0 unspecified atom stereocenters. The van der Waals surface area contributed by atoms with E-state index >= 15 is 0 Å². The van der Waals surface area contributed by atoms with E-state index in [0.717, 1.165) is 0 Å². The van der Waals surface area contributed by atoms with Crippen LogP contribution in [0.4, 0.5) is 5.82 Å². The summed E-state index contributed by atoms with van der Waals surface area (Å²) < 4.78 is 0. The van der Waals surface area contributed by atoms with Crippen molar-refractivity contribution in [3.05, 3.63) is 69.6 Å². The highest BCUT2D eigenvalue weighted by Crippen LogP contribution is 2.15. The number of nitrogens with one attached hydrogen (secondary N) is 2. The third kappa shape index (κ3) is 2.64. The number of hydrogen-bond acceptors (Lipinski definition) is 3. The number of benzene rings is 1. The molecule has 0 fully saturated rings. The molecule has 3 rings (SSSR count). The molecule has 0 spiro atoms. The van der Waals surface area contributed by atoms with E-state index in [0.29, 0.717) is 21.7 Å². The minimum absolute atomic E-state index is 0.00965. The lowest BCUT2D eigenvalue weighted by molar-refractivity contribution is 0.102. The summed E-state index contributed by atoms with van der Waals surface area (Å²) >= 11 is 5.89. The van der Waals surface area contributed by atoms with Crippen LogP contribution in [-0.2, 0) is 0 Å². The van der Waals surface area contributed by atoms with Crippen molar-refractivity contribution < 1.29 is 4.79 Å². The van der Waals surface area contributed by atoms with Gasteiger partial charge in [-0.25, -0.2) is 4.98 Å². The third-order valence-electron chi connectivity index (χ3n) is 2.99. The molecule has 0 radical (unpaired) electrons. The number of nitrogens with zero attached hydrogens (tertiary/aromatic N) is 1.